The second kappa shape index (κ2) is 7.49. The summed E-state index contributed by atoms with van der Waals surface area (Å²) in [5, 5.41) is 2.65. The van der Waals surface area contributed by atoms with Crippen molar-refractivity contribution in [3.8, 4) is 0 Å². The topological polar surface area (TPSA) is 29.1 Å². The largest absolute Gasteiger partial charge is 0.359 e. The Morgan fingerprint density at radius 1 is 0.900 bits per heavy atom. The number of benzene rings is 2. The van der Waals surface area contributed by atoms with Gasteiger partial charge in [0.15, 0.2) is 0 Å². The quantitative estimate of drug-likeness (QED) is 0.854. The highest BCUT2D eigenvalue weighted by Crippen LogP contribution is 2.12. The third-order valence-electron chi connectivity index (χ3n) is 3.42. The van der Waals surface area contributed by atoms with E-state index in [4.69, 9.17) is 0 Å². The first-order chi connectivity index (χ1) is 9.78. The molecule has 0 bridgehead atoms. The van der Waals surface area contributed by atoms with Gasteiger partial charge in [0.2, 0.25) is 5.91 Å². The van der Waals surface area contributed by atoms with Crippen LogP contribution < -0.4 is 5.32 Å². The van der Waals surface area contributed by atoms with Crippen molar-refractivity contribution in [3.63, 3.8) is 0 Å². The van der Waals surface area contributed by atoms with Gasteiger partial charge in [-0.15, -0.1) is 0 Å². The molecular formula is C18H21NO. The third-order valence-corrected chi connectivity index (χ3v) is 3.42. The van der Waals surface area contributed by atoms with E-state index in [-0.39, 0.29) is 5.91 Å². The maximum Gasteiger partial charge on any atom is 0.219 e. The van der Waals surface area contributed by atoms with Crippen LogP contribution in [0.1, 0.15) is 29.5 Å². The Morgan fingerprint density at radius 2 is 1.50 bits per heavy atom. The second-order valence-corrected chi connectivity index (χ2v) is 5.01. The molecule has 2 heteroatoms. The minimum absolute atomic E-state index is 0.116. The zero-order valence-electron chi connectivity index (χ0n) is 11.9. The lowest BCUT2D eigenvalue weighted by Gasteiger charge is -2.05. The van der Waals surface area contributed by atoms with Crippen LogP contribution in [0.2, 0.25) is 0 Å². The van der Waals surface area contributed by atoms with Crippen LogP contribution in [0.25, 0.3) is 0 Å². The predicted octanol–water partition coefficient (Wildman–Crippen LogP) is 3.35. The molecule has 0 atom stereocenters. The first-order valence-electron chi connectivity index (χ1n) is 7.10. The van der Waals surface area contributed by atoms with Gasteiger partial charge < -0.3 is 5.32 Å². The first kappa shape index (κ1) is 14.3. The van der Waals surface area contributed by atoms with Gasteiger partial charge in [-0.05, 0) is 36.0 Å². The lowest BCUT2D eigenvalue weighted by molar-refractivity contribution is -0.120. The molecule has 2 rings (SSSR count). The van der Waals surface area contributed by atoms with Gasteiger partial charge in [0, 0.05) is 13.5 Å². The van der Waals surface area contributed by atoms with Crippen molar-refractivity contribution in [1.29, 1.82) is 0 Å². The highest BCUT2D eigenvalue weighted by molar-refractivity contribution is 5.75. The van der Waals surface area contributed by atoms with Crippen LogP contribution in [0, 0.1) is 0 Å². The van der Waals surface area contributed by atoms with Crippen LogP contribution in [0.4, 0.5) is 0 Å². The monoisotopic (exact) mass is 267 g/mol. The summed E-state index contributed by atoms with van der Waals surface area (Å²) in [7, 11) is 1.68. The van der Waals surface area contributed by atoms with Crippen molar-refractivity contribution < 1.29 is 4.79 Å². The molecule has 0 spiro atoms. The Bertz CT molecular complexity index is 531. The SMILES string of the molecule is CNC(=O)CCCc1ccc(Cc2ccccc2)cc1. The standard InChI is InChI=1S/C18H21NO/c1-19-18(20)9-5-8-15-10-12-17(13-11-15)14-16-6-3-2-4-7-16/h2-4,6-7,10-13H,5,8-9,14H2,1H3,(H,19,20). The molecule has 0 fully saturated rings. The summed E-state index contributed by atoms with van der Waals surface area (Å²) in [6, 6.07) is 19.2. The van der Waals surface area contributed by atoms with Crippen molar-refractivity contribution >= 4 is 5.91 Å². The molecule has 0 radical (unpaired) electrons. The summed E-state index contributed by atoms with van der Waals surface area (Å²) in [6.45, 7) is 0. The van der Waals surface area contributed by atoms with E-state index >= 15 is 0 Å². The average Bonchev–Trinajstić information content (AvgIpc) is 2.50. The molecule has 0 aliphatic heterocycles. The van der Waals surface area contributed by atoms with Gasteiger partial charge in [0.1, 0.15) is 0 Å². The van der Waals surface area contributed by atoms with E-state index in [9.17, 15) is 4.79 Å². The molecule has 0 unspecified atom stereocenters. The maximum atomic E-state index is 11.1. The fourth-order valence-electron chi connectivity index (χ4n) is 2.23. The smallest absolute Gasteiger partial charge is 0.219 e. The van der Waals surface area contributed by atoms with Gasteiger partial charge in [-0.1, -0.05) is 54.6 Å². The van der Waals surface area contributed by atoms with Gasteiger partial charge in [-0.25, -0.2) is 0 Å². The second-order valence-electron chi connectivity index (χ2n) is 5.01. The molecule has 2 aromatic carbocycles. The molecule has 0 heterocycles. The minimum atomic E-state index is 0.116. The summed E-state index contributed by atoms with van der Waals surface area (Å²) in [4.78, 5) is 11.1. The van der Waals surface area contributed by atoms with Crippen LogP contribution in [0.5, 0.6) is 0 Å². The Hall–Kier alpha value is -2.09. The van der Waals surface area contributed by atoms with Gasteiger partial charge in [0.25, 0.3) is 0 Å². The van der Waals surface area contributed by atoms with Crippen molar-refractivity contribution in [3.05, 3.63) is 71.3 Å². The molecule has 0 saturated carbocycles. The summed E-state index contributed by atoms with van der Waals surface area (Å²) >= 11 is 0. The van der Waals surface area contributed by atoms with Gasteiger partial charge in [-0.3, -0.25) is 4.79 Å². The molecule has 0 aliphatic rings. The number of amides is 1. The maximum absolute atomic E-state index is 11.1. The van der Waals surface area contributed by atoms with E-state index in [0.29, 0.717) is 6.42 Å². The van der Waals surface area contributed by atoms with Crippen LogP contribution in [-0.4, -0.2) is 13.0 Å². The van der Waals surface area contributed by atoms with Crippen molar-refractivity contribution in [1.82, 2.24) is 5.32 Å². The number of nitrogens with one attached hydrogen (secondary N) is 1. The van der Waals surface area contributed by atoms with Gasteiger partial charge in [0.05, 0.1) is 0 Å². The third kappa shape index (κ3) is 4.54. The highest BCUT2D eigenvalue weighted by atomic mass is 16.1. The Balaban J connectivity index is 1.85. The van der Waals surface area contributed by atoms with Gasteiger partial charge in [-0.2, -0.15) is 0 Å². The Morgan fingerprint density at radius 3 is 2.15 bits per heavy atom. The number of hydrogen-bond donors (Lipinski definition) is 1. The fraction of sp³-hybridized carbons (Fsp3) is 0.278. The number of aryl methyl sites for hydroxylation is 1. The zero-order valence-corrected chi connectivity index (χ0v) is 11.9. The van der Waals surface area contributed by atoms with Crippen LogP contribution in [0.15, 0.2) is 54.6 Å². The normalized spacial score (nSPS) is 10.2. The Labute approximate surface area is 120 Å². The van der Waals surface area contributed by atoms with Crippen LogP contribution in [-0.2, 0) is 17.6 Å². The summed E-state index contributed by atoms with van der Waals surface area (Å²) in [5.41, 5.74) is 3.96. The van der Waals surface area contributed by atoms with E-state index < -0.39 is 0 Å². The summed E-state index contributed by atoms with van der Waals surface area (Å²) in [6.07, 6.45) is 3.43. The molecule has 0 saturated heterocycles. The van der Waals surface area contributed by atoms with Crippen LogP contribution >= 0.6 is 0 Å². The summed E-state index contributed by atoms with van der Waals surface area (Å²) in [5.74, 6) is 0.116. The van der Waals surface area contributed by atoms with Crippen LogP contribution in [0.3, 0.4) is 0 Å². The number of hydrogen-bond acceptors (Lipinski definition) is 1. The molecule has 2 aromatic rings. The van der Waals surface area contributed by atoms with Crippen molar-refractivity contribution in [2.45, 2.75) is 25.7 Å². The zero-order chi connectivity index (χ0) is 14.2. The lowest BCUT2D eigenvalue weighted by atomic mass is 10.0. The molecular weight excluding hydrogens is 246 g/mol. The first-order valence-corrected chi connectivity index (χ1v) is 7.10. The minimum Gasteiger partial charge on any atom is -0.359 e. The van der Waals surface area contributed by atoms with E-state index in [1.165, 1.54) is 16.7 Å². The molecule has 104 valence electrons. The number of carbonyl (C=O) groups is 1. The molecule has 0 aliphatic carbocycles. The fourth-order valence-corrected chi connectivity index (χ4v) is 2.23. The highest BCUT2D eigenvalue weighted by Gasteiger charge is 2.00. The van der Waals surface area contributed by atoms with Crippen molar-refractivity contribution in [2.75, 3.05) is 7.05 Å². The van der Waals surface area contributed by atoms with Crippen molar-refractivity contribution in [2.24, 2.45) is 0 Å². The average molecular weight is 267 g/mol. The van der Waals surface area contributed by atoms with E-state index in [1.54, 1.807) is 7.05 Å². The molecule has 20 heavy (non-hydrogen) atoms. The molecule has 1 N–H and O–H groups in total. The van der Waals surface area contributed by atoms with E-state index in [0.717, 1.165) is 19.3 Å². The molecule has 0 aromatic heterocycles. The number of rotatable bonds is 6. The molecule has 1 amide bonds. The predicted molar refractivity (Wildman–Crippen MR) is 82.7 cm³/mol. The van der Waals surface area contributed by atoms with E-state index in [1.807, 2.05) is 6.07 Å². The molecule has 2 nitrogen and oxygen atoms in total. The Kier molecular flexibility index (Phi) is 5.36. The van der Waals surface area contributed by atoms with E-state index in [2.05, 4.69) is 53.8 Å². The lowest BCUT2D eigenvalue weighted by Crippen LogP contribution is -2.17. The summed E-state index contributed by atoms with van der Waals surface area (Å²) < 4.78 is 0. The number of carbonyl (C=O) groups excluding carboxylic acids is 1. The van der Waals surface area contributed by atoms with Gasteiger partial charge >= 0.3 is 0 Å².